The third-order valence-electron chi connectivity index (χ3n) is 6.21. The topological polar surface area (TPSA) is 79.7 Å². The van der Waals surface area contributed by atoms with E-state index in [2.05, 4.69) is 49.2 Å². The summed E-state index contributed by atoms with van der Waals surface area (Å²) in [6.45, 7) is 1.24. The first-order valence-corrected chi connectivity index (χ1v) is 11.7. The molecule has 0 amide bonds. The van der Waals surface area contributed by atoms with E-state index in [1.807, 2.05) is 43.8 Å². The first-order chi connectivity index (χ1) is 17.4. The van der Waals surface area contributed by atoms with Gasteiger partial charge in [-0.3, -0.25) is 9.67 Å². The molecule has 186 valence electrons. The molecular formula is C26H26F3N7. The molecule has 0 bridgehead atoms. The minimum Gasteiger partial charge on any atom is -0.380 e. The minimum absolute atomic E-state index is 0.00220. The zero-order chi connectivity index (χ0) is 25.1. The molecule has 0 aliphatic carbocycles. The Morgan fingerprint density at radius 1 is 1.06 bits per heavy atom. The Labute approximate surface area is 206 Å². The summed E-state index contributed by atoms with van der Waals surface area (Å²) < 4.78 is 40.1. The van der Waals surface area contributed by atoms with Crippen LogP contribution in [-0.2, 0) is 19.6 Å². The van der Waals surface area contributed by atoms with Crippen molar-refractivity contribution < 1.29 is 13.2 Å². The maximum absolute atomic E-state index is 12.8. The smallest absolute Gasteiger partial charge is 0.380 e. The highest BCUT2D eigenvalue weighted by Gasteiger charge is 2.32. The van der Waals surface area contributed by atoms with Gasteiger partial charge >= 0.3 is 6.18 Å². The second kappa shape index (κ2) is 9.98. The highest BCUT2D eigenvalue weighted by atomic mass is 19.4. The Morgan fingerprint density at radius 3 is 2.58 bits per heavy atom. The van der Waals surface area contributed by atoms with Gasteiger partial charge in [0.05, 0.1) is 24.0 Å². The van der Waals surface area contributed by atoms with Crippen molar-refractivity contribution in [3.05, 3.63) is 90.1 Å². The Kier molecular flexibility index (Phi) is 6.60. The molecule has 1 aliphatic heterocycles. The van der Waals surface area contributed by atoms with E-state index in [4.69, 9.17) is 0 Å². The third-order valence-corrected chi connectivity index (χ3v) is 6.21. The highest BCUT2D eigenvalue weighted by Crippen LogP contribution is 2.32. The molecule has 0 fully saturated rings. The molecule has 10 heteroatoms. The summed E-state index contributed by atoms with van der Waals surface area (Å²) in [4.78, 5) is 8.21. The van der Waals surface area contributed by atoms with Gasteiger partial charge in [-0.05, 0) is 36.2 Å². The number of halogens is 3. The molecule has 3 aromatic heterocycles. The van der Waals surface area contributed by atoms with Gasteiger partial charge in [-0.2, -0.15) is 18.3 Å². The Hall–Kier alpha value is -3.92. The van der Waals surface area contributed by atoms with Crippen LogP contribution >= 0.6 is 0 Å². The monoisotopic (exact) mass is 493 g/mol. The Balaban J connectivity index is 1.28. The predicted octanol–water partition coefficient (Wildman–Crippen LogP) is 4.68. The van der Waals surface area contributed by atoms with E-state index in [0.717, 1.165) is 39.8 Å². The summed E-state index contributed by atoms with van der Waals surface area (Å²) in [5.41, 5.74) is 3.88. The zero-order valence-corrected chi connectivity index (χ0v) is 19.6. The predicted molar refractivity (Wildman–Crippen MR) is 132 cm³/mol. The molecule has 0 saturated carbocycles. The van der Waals surface area contributed by atoms with Gasteiger partial charge in [0.2, 0.25) is 0 Å². The number of nitrogens with zero attached hydrogens (tertiary/aromatic N) is 4. The fourth-order valence-corrected chi connectivity index (χ4v) is 4.36. The first-order valence-electron chi connectivity index (χ1n) is 11.7. The van der Waals surface area contributed by atoms with Gasteiger partial charge in [-0.15, -0.1) is 0 Å². The van der Waals surface area contributed by atoms with E-state index < -0.39 is 11.9 Å². The number of benzene rings is 1. The van der Waals surface area contributed by atoms with Crippen LogP contribution in [0.3, 0.4) is 0 Å². The number of alkyl halides is 3. The number of pyridine rings is 2. The zero-order valence-electron chi connectivity index (χ0n) is 19.6. The molecular weight excluding hydrogens is 467 g/mol. The number of aromatic nitrogens is 4. The molecule has 0 unspecified atom stereocenters. The molecule has 0 spiro atoms. The van der Waals surface area contributed by atoms with E-state index in [-0.39, 0.29) is 12.1 Å². The summed E-state index contributed by atoms with van der Waals surface area (Å²) in [6.07, 6.45) is 3.00. The van der Waals surface area contributed by atoms with E-state index in [1.54, 1.807) is 4.68 Å². The van der Waals surface area contributed by atoms with Crippen molar-refractivity contribution in [2.45, 2.75) is 24.7 Å². The summed E-state index contributed by atoms with van der Waals surface area (Å²) in [5, 5.41) is 14.9. The lowest BCUT2D eigenvalue weighted by Crippen LogP contribution is -2.44. The van der Waals surface area contributed by atoms with Gasteiger partial charge < -0.3 is 16.0 Å². The summed E-state index contributed by atoms with van der Waals surface area (Å²) >= 11 is 0. The number of fused-ring (bicyclic) bond motifs is 1. The van der Waals surface area contributed by atoms with Crippen molar-refractivity contribution in [2.24, 2.45) is 7.05 Å². The quantitative estimate of drug-likeness (QED) is 0.347. The van der Waals surface area contributed by atoms with Gasteiger partial charge in [0.25, 0.3) is 0 Å². The number of hydrogen-bond acceptors (Lipinski definition) is 6. The molecule has 4 heterocycles. The van der Waals surface area contributed by atoms with Gasteiger partial charge in [0, 0.05) is 43.3 Å². The molecule has 7 nitrogen and oxygen atoms in total. The normalized spacial score (nSPS) is 16.1. The van der Waals surface area contributed by atoms with E-state index in [1.165, 1.54) is 12.3 Å². The van der Waals surface area contributed by atoms with Crippen LogP contribution in [-0.4, -0.2) is 38.9 Å². The molecule has 0 radical (unpaired) electrons. The number of hydrogen-bond donors (Lipinski definition) is 3. The van der Waals surface area contributed by atoms with Crippen molar-refractivity contribution >= 4 is 11.5 Å². The van der Waals surface area contributed by atoms with Gasteiger partial charge in [-0.1, -0.05) is 36.4 Å². The maximum Gasteiger partial charge on any atom is 0.433 e. The van der Waals surface area contributed by atoms with Crippen LogP contribution in [0.15, 0.2) is 73.3 Å². The maximum atomic E-state index is 12.8. The standard InChI is InChI=1S/C26H26F3N7/c1-36-16-20(14-34-36)19-11-21-25(33-13-19)35-22(15-31-21)24(18-5-3-2-4-6-18)30-10-9-17-7-8-23(32-12-17)26(27,28)29/h2-8,11-14,16,22,24,30-31H,9-10,15H2,1H3,(H,33,35)/t22-,24-/m1/s1. The molecule has 4 aromatic rings. The first kappa shape index (κ1) is 23.8. The van der Waals surface area contributed by atoms with Crippen molar-refractivity contribution in [3.63, 3.8) is 0 Å². The van der Waals surface area contributed by atoms with Crippen molar-refractivity contribution in [1.82, 2.24) is 25.1 Å². The number of nitrogens with one attached hydrogen (secondary N) is 3. The second-order valence-electron chi connectivity index (χ2n) is 8.80. The van der Waals surface area contributed by atoms with Gasteiger partial charge in [0.1, 0.15) is 11.5 Å². The van der Waals surface area contributed by atoms with Crippen LogP contribution in [0.25, 0.3) is 11.1 Å². The average Bonchev–Trinajstić information content (AvgIpc) is 3.32. The average molecular weight is 494 g/mol. The lowest BCUT2D eigenvalue weighted by Gasteiger charge is -2.34. The highest BCUT2D eigenvalue weighted by molar-refractivity contribution is 5.75. The summed E-state index contributed by atoms with van der Waals surface area (Å²) in [7, 11) is 1.88. The minimum atomic E-state index is -4.43. The summed E-state index contributed by atoms with van der Waals surface area (Å²) in [6, 6.07) is 14.6. The van der Waals surface area contributed by atoms with Crippen LogP contribution in [0.1, 0.15) is 22.9 Å². The second-order valence-corrected chi connectivity index (χ2v) is 8.80. The molecule has 36 heavy (non-hydrogen) atoms. The Morgan fingerprint density at radius 2 is 1.89 bits per heavy atom. The largest absolute Gasteiger partial charge is 0.433 e. The van der Waals surface area contributed by atoms with Crippen LogP contribution in [0.4, 0.5) is 24.7 Å². The van der Waals surface area contributed by atoms with Gasteiger partial charge in [0.15, 0.2) is 0 Å². The van der Waals surface area contributed by atoms with E-state index in [0.29, 0.717) is 19.5 Å². The van der Waals surface area contributed by atoms with Crippen LogP contribution in [0, 0.1) is 0 Å². The molecule has 3 N–H and O–H groups in total. The number of rotatable bonds is 7. The SMILES string of the molecule is Cn1cc(-c2cnc3c(c2)NC[C@H]([C@H](NCCc2ccc(C(F)(F)F)nc2)c2ccccc2)N3)cn1. The lowest BCUT2D eigenvalue weighted by molar-refractivity contribution is -0.141. The molecule has 2 atom stereocenters. The third kappa shape index (κ3) is 5.33. The van der Waals surface area contributed by atoms with E-state index >= 15 is 0 Å². The molecule has 0 saturated heterocycles. The fraction of sp³-hybridized carbons (Fsp3) is 0.269. The fourth-order valence-electron chi connectivity index (χ4n) is 4.36. The van der Waals surface area contributed by atoms with Crippen molar-refractivity contribution in [2.75, 3.05) is 23.7 Å². The van der Waals surface area contributed by atoms with E-state index in [9.17, 15) is 13.2 Å². The van der Waals surface area contributed by atoms with Crippen LogP contribution in [0.5, 0.6) is 0 Å². The van der Waals surface area contributed by atoms with Crippen molar-refractivity contribution in [1.29, 1.82) is 0 Å². The van der Waals surface area contributed by atoms with Crippen molar-refractivity contribution in [3.8, 4) is 11.1 Å². The Bertz CT molecular complexity index is 1300. The number of aryl methyl sites for hydroxylation is 1. The molecule has 5 rings (SSSR count). The molecule has 1 aromatic carbocycles. The van der Waals surface area contributed by atoms with Crippen LogP contribution < -0.4 is 16.0 Å². The van der Waals surface area contributed by atoms with Crippen LogP contribution in [0.2, 0.25) is 0 Å². The summed E-state index contributed by atoms with van der Waals surface area (Å²) in [5.74, 6) is 0.772. The van der Waals surface area contributed by atoms with Gasteiger partial charge in [-0.25, -0.2) is 4.98 Å². The number of anilines is 2. The lowest BCUT2D eigenvalue weighted by atomic mass is 9.97. The molecule has 1 aliphatic rings.